The monoisotopic (exact) mass is 328 g/mol. The van der Waals surface area contributed by atoms with Crippen molar-refractivity contribution in [2.75, 3.05) is 5.75 Å². The summed E-state index contributed by atoms with van der Waals surface area (Å²) in [6.07, 6.45) is -0.303. The van der Waals surface area contributed by atoms with Crippen molar-refractivity contribution in [1.29, 1.82) is 0 Å². The Morgan fingerprint density at radius 1 is 1.45 bits per heavy atom. The maximum atomic E-state index is 12.1. The van der Waals surface area contributed by atoms with Gasteiger partial charge in [-0.15, -0.1) is 11.8 Å². The highest BCUT2D eigenvalue weighted by atomic mass is 32.2. The fourth-order valence-electron chi connectivity index (χ4n) is 2.17. The van der Waals surface area contributed by atoms with Gasteiger partial charge in [0, 0.05) is 11.3 Å². The van der Waals surface area contributed by atoms with Crippen molar-refractivity contribution >= 4 is 36.0 Å². The molecular formula is C13H16N2O6S. The molecule has 2 rings (SSSR count). The third-order valence-electron chi connectivity index (χ3n) is 3.01. The summed E-state index contributed by atoms with van der Waals surface area (Å²) in [7, 11) is 0. The number of amides is 2. The van der Waals surface area contributed by atoms with Crippen LogP contribution >= 0.6 is 11.8 Å². The molecule has 0 aromatic rings. The molecule has 1 saturated heterocycles. The predicted octanol–water partition coefficient (Wildman–Crippen LogP) is 0.332. The number of carboxylic acids is 1. The molecule has 8 nitrogen and oxygen atoms in total. The summed E-state index contributed by atoms with van der Waals surface area (Å²) in [5.74, 6) is -1.73. The fourth-order valence-corrected chi connectivity index (χ4v) is 3.46. The van der Waals surface area contributed by atoms with Gasteiger partial charge in [0.25, 0.3) is 5.91 Å². The number of aliphatic carboxylic acids is 1. The van der Waals surface area contributed by atoms with E-state index in [4.69, 9.17) is 9.84 Å². The molecule has 0 aliphatic carbocycles. The van der Waals surface area contributed by atoms with Crippen LogP contribution in [0, 0.1) is 0 Å². The Morgan fingerprint density at radius 3 is 2.59 bits per heavy atom. The van der Waals surface area contributed by atoms with Crippen LogP contribution in [0.3, 0.4) is 0 Å². The van der Waals surface area contributed by atoms with E-state index in [0.717, 1.165) is 4.90 Å². The van der Waals surface area contributed by atoms with Gasteiger partial charge < -0.3 is 15.2 Å². The predicted molar refractivity (Wildman–Crippen MR) is 77.0 cm³/mol. The summed E-state index contributed by atoms with van der Waals surface area (Å²) in [5, 5.41) is 11.1. The standard InChI is InChI=1S/C13H16N2O6S/c1-13(2,3)21-12(20)14-7-9(17)15-8(11(18)19)6(4-16)5-22-10(7)15/h4,7,10H,5H2,1-3H3,(H,14,20)(H,18,19)/t7-,10-/m1/s1. The Bertz CT molecular complexity index is 580. The highest BCUT2D eigenvalue weighted by molar-refractivity contribution is 8.00. The zero-order valence-corrected chi connectivity index (χ0v) is 13.1. The third kappa shape index (κ3) is 2.94. The zero-order chi connectivity index (χ0) is 16.7. The Balaban J connectivity index is 2.12. The number of carbonyl (C=O) groups excluding carboxylic acids is 3. The van der Waals surface area contributed by atoms with Crippen LogP contribution < -0.4 is 5.32 Å². The number of hydrogen-bond donors (Lipinski definition) is 2. The number of nitrogens with one attached hydrogen (secondary N) is 1. The molecular weight excluding hydrogens is 312 g/mol. The summed E-state index contributed by atoms with van der Waals surface area (Å²) in [6, 6.07) is -0.859. The van der Waals surface area contributed by atoms with Crippen molar-refractivity contribution in [1.82, 2.24) is 10.2 Å². The lowest BCUT2D eigenvalue weighted by Gasteiger charge is -2.48. The van der Waals surface area contributed by atoms with Gasteiger partial charge in [-0.2, -0.15) is 0 Å². The molecule has 2 N–H and O–H groups in total. The second-order valence-corrected chi connectivity index (χ2v) is 6.94. The molecule has 2 atom stereocenters. The SMILES string of the molecule is CC(C)(C)OC(=O)N[C@@H]1C(=O)N2C(C(=O)O)=C(C=O)CS[C@H]12. The van der Waals surface area contributed by atoms with E-state index in [1.165, 1.54) is 11.8 Å². The molecule has 1 fully saturated rings. The molecule has 0 saturated carbocycles. The number of aldehydes is 1. The molecule has 2 amide bonds. The number of fused-ring (bicyclic) bond motifs is 1. The lowest BCUT2D eigenvalue weighted by atomic mass is 10.0. The van der Waals surface area contributed by atoms with Crippen LogP contribution in [0.1, 0.15) is 20.8 Å². The number of carbonyl (C=O) groups is 4. The van der Waals surface area contributed by atoms with Crippen molar-refractivity contribution in [3.05, 3.63) is 11.3 Å². The van der Waals surface area contributed by atoms with Crippen molar-refractivity contribution < 1.29 is 29.0 Å². The quantitative estimate of drug-likeness (QED) is 0.567. The highest BCUT2D eigenvalue weighted by Crippen LogP contribution is 2.39. The first kappa shape index (κ1) is 16.3. The van der Waals surface area contributed by atoms with Gasteiger partial charge in [0.05, 0.1) is 0 Å². The largest absolute Gasteiger partial charge is 0.477 e. The second kappa shape index (κ2) is 5.64. The van der Waals surface area contributed by atoms with Crippen LogP contribution in [0.5, 0.6) is 0 Å². The number of nitrogens with zero attached hydrogens (tertiary/aromatic N) is 1. The molecule has 0 aromatic carbocycles. The molecule has 2 aliphatic heterocycles. The zero-order valence-electron chi connectivity index (χ0n) is 12.3. The topological polar surface area (TPSA) is 113 Å². The van der Waals surface area contributed by atoms with Crippen LogP contribution in [0.4, 0.5) is 4.79 Å². The van der Waals surface area contributed by atoms with Gasteiger partial charge >= 0.3 is 12.1 Å². The smallest absolute Gasteiger partial charge is 0.408 e. The van der Waals surface area contributed by atoms with E-state index in [1.807, 2.05) is 0 Å². The Morgan fingerprint density at radius 2 is 2.09 bits per heavy atom. The maximum absolute atomic E-state index is 12.1. The summed E-state index contributed by atoms with van der Waals surface area (Å²) in [5.41, 5.74) is -0.962. The number of alkyl carbamates (subject to hydrolysis) is 1. The maximum Gasteiger partial charge on any atom is 0.408 e. The highest BCUT2D eigenvalue weighted by Gasteiger charge is 2.54. The van der Waals surface area contributed by atoms with E-state index in [-0.39, 0.29) is 17.0 Å². The van der Waals surface area contributed by atoms with Crippen molar-refractivity contribution in [3.63, 3.8) is 0 Å². The van der Waals surface area contributed by atoms with Crippen LogP contribution in [-0.4, -0.2) is 57.0 Å². The minimum absolute atomic E-state index is 0.0535. The molecule has 120 valence electrons. The van der Waals surface area contributed by atoms with Crippen LogP contribution in [0.15, 0.2) is 11.3 Å². The molecule has 22 heavy (non-hydrogen) atoms. The number of carboxylic acid groups (broad SMARTS) is 1. The van der Waals surface area contributed by atoms with Gasteiger partial charge in [0.1, 0.15) is 29.0 Å². The Labute approximate surface area is 130 Å². The lowest BCUT2D eigenvalue weighted by Crippen LogP contribution is -2.70. The first-order valence-corrected chi connectivity index (χ1v) is 7.56. The van der Waals surface area contributed by atoms with E-state index < -0.39 is 35.0 Å². The molecule has 2 aliphatic rings. The van der Waals surface area contributed by atoms with E-state index in [9.17, 15) is 19.2 Å². The molecule has 0 aromatic heterocycles. The molecule has 2 heterocycles. The van der Waals surface area contributed by atoms with Crippen molar-refractivity contribution in [3.8, 4) is 0 Å². The molecule has 0 bridgehead atoms. The number of β-lactam (4-membered cyclic amide) rings is 1. The van der Waals surface area contributed by atoms with Crippen molar-refractivity contribution in [2.45, 2.75) is 37.8 Å². The van der Waals surface area contributed by atoms with Gasteiger partial charge in [-0.05, 0) is 20.8 Å². The van der Waals surface area contributed by atoms with Gasteiger partial charge in [-0.3, -0.25) is 14.5 Å². The summed E-state index contributed by atoms with van der Waals surface area (Å²) >= 11 is 1.22. The normalized spacial score (nSPS) is 24.3. The van der Waals surface area contributed by atoms with Gasteiger partial charge in [0.15, 0.2) is 0 Å². The number of thioether (sulfide) groups is 1. The molecule has 0 spiro atoms. The van der Waals surface area contributed by atoms with Crippen LogP contribution in [-0.2, 0) is 19.1 Å². The number of rotatable bonds is 3. The fraction of sp³-hybridized carbons (Fsp3) is 0.538. The molecule has 0 radical (unpaired) electrons. The van der Waals surface area contributed by atoms with E-state index >= 15 is 0 Å². The first-order valence-electron chi connectivity index (χ1n) is 6.51. The van der Waals surface area contributed by atoms with Crippen molar-refractivity contribution in [2.24, 2.45) is 0 Å². The van der Waals surface area contributed by atoms with Crippen LogP contribution in [0.25, 0.3) is 0 Å². The van der Waals surface area contributed by atoms with E-state index in [2.05, 4.69) is 5.32 Å². The van der Waals surface area contributed by atoms with Gasteiger partial charge in [0.2, 0.25) is 0 Å². The summed E-state index contributed by atoms with van der Waals surface area (Å²) in [6.45, 7) is 5.08. The minimum Gasteiger partial charge on any atom is -0.477 e. The van der Waals surface area contributed by atoms with E-state index in [1.54, 1.807) is 20.8 Å². The van der Waals surface area contributed by atoms with Gasteiger partial charge in [-0.1, -0.05) is 0 Å². The van der Waals surface area contributed by atoms with Crippen LogP contribution in [0.2, 0.25) is 0 Å². The Hall–Kier alpha value is -2.03. The molecule has 0 unspecified atom stereocenters. The van der Waals surface area contributed by atoms with E-state index in [0.29, 0.717) is 6.29 Å². The summed E-state index contributed by atoms with van der Waals surface area (Å²) < 4.78 is 5.07. The number of ether oxygens (including phenoxy) is 1. The summed E-state index contributed by atoms with van der Waals surface area (Å²) in [4.78, 5) is 47.0. The molecule has 9 heteroatoms. The average Bonchev–Trinajstić information content (AvgIpc) is 2.40. The number of hydrogen-bond acceptors (Lipinski definition) is 6. The first-order chi connectivity index (χ1) is 10.2. The average molecular weight is 328 g/mol. The third-order valence-corrected chi connectivity index (χ3v) is 4.32. The second-order valence-electron chi connectivity index (χ2n) is 5.83. The van der Waals surface area contributed by atoms with Gasteiger partial charge in [-0.25, -0.2) is 9.59 Å². The lowest BCUT2D eigenvalue weighted by molar-refractivity contribution is -0.149. The minimum atomic E-state index is -1.34. The Kier molecular flexibility index (Phi) is 4.19.